The van der Waals surface area contributed by atoms with Crippen molar-refractivity contribution in [2.24, 2.45) is 0 Å². The van der Waals surface area contributed by atoms with Crippen LogP contribution in [0.15, 0.2) is 64.6 Å². The van der Waals surface area contributed by atoms with E-state index in [0.717, 1.165) is 28.4 Å². The molecule has 0 fully saturated rings. The van der Waals surface area contributed by atoms with E-state index in [0.29, 0.717) is 19.0 Å². The lowest BCUT2D eigenvalue weighted by atomic mass is 10.1. The predicted octanol–water partition coefficient (Wildman–Crippen LogP) is 5.85. The Morgan fingerprint density at radius 3 is 2.53 bits per heavy atom. The largest absolute Gasteiger partial charge is 0.480 e. The summed E-state index contributed by atoms with van der Waals surface area (Å²) in [5, 5.41) is 13.8. The molecule has 0 aliphatic heterocycles. The summed E-state index contributed by atoms with van der Waals surface area (Å²) in [7, 11) is 0. The van der Waals surface area contributed by atoms with E-state index in [1.54, 1.807) is 13.8 Å². The fraction of sp³-hybridized carbons (Fsp3) is 0.308. The normalized spacial score (nSPS) is 11.6. The quantitative estimate of drug-likeness (QED) is 0.278. The first-order chi connectivity index (χ1) is 16.3. The minimum Gasteiger partial charge on any atom is -0.480 e. The molecule has 0 bridgehead atoms. The van der Waals surface area contributed by atoms with Crippen molar-refractivity contribution in [3.63, 3.8) is 0 Å². The van der Waals surface area contributed by atoms with E-state index in [4.69, 9.17) is 0 Å². The van der Waals surface area contributed by atoms with Crippen LogP contribution >= 0.6 is 23.1 Å². The molecule has 0 radical (unpaired) electrons. The van der Waals surface area contributed by atoms with Gasteiger partial charge in [-0.2, -0.15) is 0 Å². The number of anilines is 1. The lowest BCUT2D eigenvalue weighted by molar-refractivity contribution is -0.138. The van der Waals surface area contributed by atoms with Crippen molar-refractivity contribution in [1.82, 2.24) is 15.0 Å². The number of benzene rings is 2. The van der Waals surface area contributed by atoms with Gasteiger partial charge in [-0.05, 0) is 48.2 Å². The van der Waals surface area contributed by atoms with E-state index in [1.807, 2.05) is 17.8 Å². The number of aryl methyl sites for hydroxylation is 1. The van der Waals surface area contributed by atoms with Crippen molar-refractivity contribution in [2.45, 2.75) is 49.2 Å². The highest BCUT2D eigenvalue weighted by atomic mass is 32.2. The summed E-state index contributed by atoms with van der Waals surface area (Å²) in [5.41, 5.74) is 3.25. The fourth-order valence-corrected chi connectivity index (χ4v) is 5.69. The van der Waals surface area contributed by atoms with Crippen molar-refractivity contribution in [1.29, 1.82) is 0 Å². The second kappa shape index (κ2) is 10.5. The standard InChI is InChI=1S/C26H28N4O2S2/c1-4-18-14-27-24(28-15-18)30(16-19-9-10-20-7-5-6-8-21(20)13-19)12-11-22-17-33-25(29-22)34-26(2,3)23(31)32/h5-10,13-15,17H,4,11-12,16H2,1-3H3,(H,31,32). The summed E-state index contributed by atoms with van der Waals surface area (Å²) in [6.07, 6.45) is 5.40. The summed E-state index contributed by atoms with van der Waals surface area (Å²) in [5.74, 6) is -0.148. The monoisotopic (exact) mass is 492 g/mol. The zero-order chi connectivity index (χ0) is 24.1. The number of carbonyl (C=O) groups is 1. The number of nitrogens with zero attached hydrogens (tertiary/aromatic N) is 4. The third kappa shape index (κ3) is 5.93. The maximum atomic E-state index is 11.4. The molecule has 2 heterocycles. The Bertz CT molecular complexity index is 1270. The summed E-state index contributed by atoms with van der Waals surface area (Å²) in [6.45, 7) is 6.88. The van der Waals surface area contributed by atoms with Gasteiger partial charge in [0.1, 0.15) is 4.75 Å². The Balaban J connectivity index is 1.51. The molecule has 0 spiro atoms. The van der Waals surface area contributed by atoms with Crippen LogP contribution in [0.1, 0.15) is 37.6 Å². The number of rotatable bonds is 10. The zero-order valence-electron chi connectivity index (χ0n) is 19.6. The van der Waals surface area contributed by atoms with Gasteiger partial charge in [-0.3, -0.25) is 4.79 Å². The van der Waals surface area contributed by atoms with Gasteiger partial charge < -0.3 is 10.0 Å². The molecule has 0 aliphatic carbocycles. The van der Waals surface area contributed by atoms with E-state index in [-0.39, 0.29) is 0 Å². The average molecular weight is 493 g/mol. The first-order valence-corrected chi connectivity index (χ1v) is 12.9. The molecule has 1 N–H and O–H groups in total. The highest BCUT2D eigenvalue weighted by molar-refractivity contribution is 8.03. The maximum absolute atomic E-state index is 11.4. The molecule has 0 unspecified atom stereocenters. The second-order valence-electron chi connectivity index (χ2n) is 8.62. The van der Waals surface area contributed by atoms with Gasteiger partial charge in [0, 0.05) is 37.3 Å². The van der Waals surface area contributed by atoms with E-state index < -0.39 is 10.7 Å². The zero-order valence-corrected chi connectivity index (χ0v) is 21.2. The first kappa shape index (κ1) is 24.2. The maximum Gasteiger partial charge on any atom is 0.319 e. The van der Waals surface area contributed by atoms with Crippen LogP contribution in [0.5, 0.6) is 0 Å². The van der Waals surface area contributed by atoms with Crippen LogP contribution in [0.25, 0.3) is 10.8 Å². The smallest absolute Gasteiger partial charge is 0.319 e. The molecule has 8 heteroatoms. The van der Waals surface area contributed by atoms with Crippen molar-refractivity contribution in [3.8, 4) is 0 Å². The Labute approximate surface area is 208 Å². The summed E-state index contributed by atoms with van der Waals surface area (Å²) < 4.78 is -0.140. The Morgan fingerprint density at radius 2 is 1.82 bits per heavy atom. The van der Waals surface area contributed by atoms with Crippen LogP contribution in [-0.2, 0) is 24.2 Å². The number of aliphatic carboxylic acids is 1. The average Bonchev–Trinajstić information content (AvgIpc) is 3.28. The number of thioether (sulfide) groups is 1. The third-order valence-corrected chi connectivity index (χ3v) is 7.77. The number of carboxylic acids is 1. The van der Waals surface area contributed by atoms with Gasteiger partial charge in [0.05, 0.1) is 5.69 Å². The highest BCUT2D eigenvalue weighted by Crippen LogP contribution is 2.34. The van der Waals surface area contributed by atoms with Crippen LogP contribution in [0.2, 0.25) is 0 Å². The van der Waals surface area contributed by atoms with Crippen molar-refractivity contribution in [3.05, 3.63) is 77.1 Å². The molecule has 0 saturated heterocycles. The molecule has 34 heavy (non-hydrogen) atoms. The van der Waals surface area contributed by atoms with E-state index in [1.165, 1.54) is 39.4 Å². The molecule has 0 amide bonds. The highest BCUT2D eigenvalue weighted by Gasteiger charge is 2.29. The topological polar surface area (TPSA) is 79.2 Å². The molecule has 4 rings (SSSR count). The minimum atomic E-state index is -0.911. The predicted molar refractivity (Wildman–Crippen MR) is 140 cm³/mol. The number of hydrogen-bond acceptors (Lipinski definition) is 7. The van der Waals surface area contributed by atoms with Gasteiger partial charge in [-0.1, -0.05) is 55.1 Å². The minimum absolute atomic E-state index is 0.689. The van der Waals surface area contributed by atoms with E-state index >= 15 is 0 Å². The van der Waals surface area contributed by atoms with Crippen LogP contribution in [-0.4, -0.2) is 37.3 Å². The second-order valence-corrected chi connectivity index (χ2v) is 11.3. The number of carboxylic acid groups (broad SMARTS) is 1. The summed E-state index contributed by atoms with van der Waals surface area (Å²) >= 11 is 2.77. The van der Waals surface area contributed by atoms with Gasteiger partial charge in [0.25, 0.3) is 0 Å². The SMILES string of the molecule is CCc1cnc(N(CCc2csc(SC(C)(C)C(=O)O)n2)Cc2ccc3ccccc3c2)nc1. The summed E-state index contributed by atoms with van der Waals surface area (Å²) in [6, 6.07) is 14.9. The molecular weight excluding hydrogens is 464 g/mol. The Hall–Kier alpha value is -2.97. The molecule has 0 saturated carbocycles. The van der Waals surface area contributed by atoms with E-state index in [9.17, 15) is 9.90 Å². The van der Waals surface area contributed by atoms with Gasteiger partial charge in [0.15, 0.2) is 4.34 Å². The molecule has 2 aromatic carbocycles. The van der Waals surface area contributed by atoms with Crippen LogP contribution < -0.4 is 4.90 Å². The van der Waals surface area contributed by atoms with Crippen LogP contribution in [0.4, 0.5) is 5.95 Å². The molecule has 0 aliphatic rings. The van der Waals surface area contributed by atoms with Gasteiger partial charge >= 0.3 is 5.97 Å². The number of aromatic nitrogens is 3. The molecule has 4 aromatic rings. The Morgan fingerprint density at radius 1 is 1.09 bits per heavy atom. The van der Waals surface area contributed by atoms with E-state index in [2.05, 4.69) is 69.2 Å². The van der Waals surface area contributed by atoms with Crippen LogP contribution in [0, 0.1) is 0 Å². The first-order valence-electron chi connectivity index (χ1n) is 11.2. The number of thiazole rings is 1. The molecule has 2 aromatic heterocycles. The third-order valence-electron chi connectivity index (χ3n) is 5.60. The molecule has 6 nitrogen and oxygen atoms in total. The Kier molecular flexibility index (Phi) is 7.48. The van der Waals surface area contributed by atoms with Crippen molar-refractivity contribution >= 4 is 45.8 Å². The van der Waals surface area contributed by atoms with Crippen LogP contribution in [0.3, 0.4) is 0 Å². The lowest BCUT2D eigenvalue weighted by Gasteiger charge is -2.23. The number of hydrogen-bond donors (Lipinski definition) is 1. The van der Waals surface area contributed by atoms with Gasteiger partial charge in [-0.25, -0.2) is 15.0 Å². The molecule has 176 valence electrons. The van der Waals surface area contributed by atoms with Crippen molar-refractivity contribution in [2.75, 3.05) is 11.4 Å². The molecule has 0 atom stereocenters. The van der Waals surface area contributed by atoms with Gasteiger partial charge in [0.2, 0.25) is 5.95 Å². The summed E-state index contributed by atoms with van der Waals surface area (Å²) in [4.78, 5) is 27.5. The number of fused-ring (bicyclic) bond motifs is 1. The van der Waals surface area contributed by atoms with Crippen molar-refractivity contribution < 1.29 is 9.90 Å². The van der Waals surface area contributed by atoms with Gasteiger partial charge in [-0.15, -0.1) is 11.3 Å². The molecular formula is C26H28N4O2S2. The lowest BCUT2D eigenvalue weighted by Crippen LogP contribution is -2.27. The fourth-order valence-electron chi connectivity index (χ4n) is 3.46.